The number of nitrogens with one attached hydrogen (secondary N) is 2. The number of nitrogens with two attached hydrogens (primary N) is 1. The number of aromatic nitrogens is 3. The largest absolute Gasteiger partial charge is 0.399 e. The Morgan fingerprint density at radius 3 is 2.81 bits per heavy atom. The predicted octanol–water partition coefficient (Wildman–Crippen LogP) is 1.63. The van der Waals surface area contributed by atoms with Crippen molar-refractivity contribution < 1.29 is 4.79 Å². The van der Waals surface area contributed by atoms with Crippen LogP contribution in [0.2, 0.25) is 0 Å². The van der Waals surface area contributed by atoms with Crippen LogP contribution in [-0.4, -0.2) is 27.6 Å². The number of nitrogens with zero attached hydrogens (tertiary/aromatic N) is 2. The van der Waals surface area contributed by atoms with E-state index in [1.165, 1.54) is 6.33 Å². The first kappa shape index (κ1) is 15.0. The predicted molar refractivity (Wildman–Crippen MR) is 81.6 cm³/mol. The molecule has 0 bridgehead atoms. The molecule has 1 amide bonds. The van der Waals surface area contributed by atoms with Gasteiger partial charge in [-0.05, 0) is 30.0 Å². The molecular formula is C15H21N5O. The van der Waals surface area contributed by atoms with Crippen LogP contribution in [-0.2, 0) is 11.2 Å². The Morgan fingerprint density at radius 2 is 2.14 bits per heavy atom. The summed E-state index contributed by atoms with van der Waals surface area (Å²) in [5, 5.41) is 9.51. The Labute approximate surface area is 124 Å². The number of hydrogen-bond acceptors (Lipinski definition) is 4. The van der Waals surface area contributed by atoms with Gasteiger partial charge in [0.05, 0.1) is 0 Å². The Morgan fingerprint density at radius 1 is 1.38 bits per heavy atom. The van der Waals surface area contributed by atoms with Crippen LogP contribution in [0.15, 0.2) is 30.6 Å². The summed E-state index contributed by atoms with van der Waals surface area (Å²) in [6, 6.07) is 7.66. The van der Waals surface area contributed by atoms with Gasteiger partial charge in [-0.2, -0.15) is 5.10 Å². The van der Waals surface area contributed by atoms with Crippen LogP contribution in [0.3, 0.4) is 0 Å². The van der Waals surface area contributed by atoms with E-state index in [4.69, 9.17) is 5.73 Å². The van der Waals surface area contributed by atoms with Crippen molar-refractivity contribution in [2.24, 2.45) is 0 Å². The molecule has 1 unspecified atom stereocenters. The number of hydrogen-bond donors (Lipinski definition) is 3. The molecule has 6 heteroatoms. The first-order chi connectivity index (χ1) is 10.1. The van der Waals surface area contributed by atoms with E-state index < -0.39 is 0 Å². The molecule has 2 rings (SSSR count). The number of nitrogen functional groups attached to an aromatic ring is 1. The van der Waals surface area contributed by atoms with E-state index in [1.807, 2.05) is 31.2 Å². The Bertz CT molecular complexity index is 550. The number of carbonyl (C=O) groups is 1. The maximum absolute atomic E-state index is 11.9. The fourth-order valence-electron chi connectivity index (χ4n) is 2.13. The van der Waals surface area contributed by atoms with Crippen LogP contribution in [0.25, 0.3) is 0 Å². The van der Waals surface area contributed by atoms with Crippen LogP contribution < -0.4 is 11.1 Å². The van der Waals surface area contributed by atoms with E-state index in [1.54, 1.807) is 0 Å². The summed E-state index contributed by atoms with van der Waals surface area (Å²) in [5.41, 5.74) is 7.52. The highest BCUT2D eigenvalue weighted by molar-refractivity contribution is 5.76. The van der Waals surface area contributed by atoms with Crippen molar-refractivity contribution >= 4 is 11.6 Å². The molecule has 0 fully saturated rings. The van der Waals surface area contributed by atoms with Crippen molar-refractivity contribution in [1.29, 1.82) is 0 Å². The molecule has 1 aromatic heterocycles. The number of benzene rings is 1. The molecular weight excluding hydrogens is 266 g/mol. The van der Waals surface area contributed by atoms with Crippen LogP contribution in [0.5, 0.6) is 0 Å². The molecule has 0 saturated carbocycles. The van der Waals surface area contributed by atoms with Crippen molar-refractivity contribution in [2.75, 3.05) is 12.3 Å². The minimum atomic E-state index is 0.0666. The van der Waals surface area contributed by atoms with E-state index in [0.29, 0.717) is 13.0 Å². The SMILES string of the molecule is CC(CC(=O)NCCCc1ncn[nH]1)c1ccc(N)cc1. The summed E-state index contributed by atoms with van der Waals surface area (Å²) < 4.78 is 0. The van der Waals surface area contributed by atoms with Crippen molar-refractivity contribution in [3.8, 4) is 0 Å². The standard InChI is InChI=1S/C15H21N5O/c1-11(12-4-6-13(16)7-5-12)9-15(21)17-8-2-3-14-18-10-19-20-14/h4-7,10-11H,2-3,8-9,16H2,1H3,(H,17,21)(H,18,19,20). The Kier molecular flexibility index (Phi) is 5.31. The summed E-state index contributed by atoms with van der Waals surface area (Å²) in [4.78, 5) is 15.9. The van der Waals surface area contributed by atoms with Crippen molar-refractivity contribution in [1.82, 2.24) is 20.5 Å². The zero-order valence-corrected chi connectivity index (χ0v) is 12.2. The number of H-pyrrole nitrogens is 1. The van der Waals surface area contributed by atoms with Gasteiger partial charge in [0.15, 0.2) is 0 Å². The van der Waals surface area contributed by atoms with Gasteiger partial charge in [-0.3, -0.25) is 9.89 Å². The quantitative estimate of drug-likeness (QED) is 0.532. The number of rotatable bonds is 7. The molecule has 0 aliphatic carbocycles. The van der Waals surface area contributed by atoms with Crippen molar-refractivity contribution in [2.45, 2.75) is 32.1 Å². The molecule has 1 heterocycles. The molecule has 0 aliphatic rings. The number of aromatic amines is 1. The lowest BCUT2D eigenvalue weighted by atomic mass is 9.97. The second-order valence-electron chi connectivity index (χ2n) is 5.16. The monoisotopic (exact) mass is 287 g/mol. The zero-order chi connectivity index (χ0) is 15.1. The maximum Gasteiger partial charge on any atom is 0.220 e. The minimum Gasteiger partial charge on any atom is -0.399 e. The summed E-state index contributed by atoms with van der Waals surface area (Å²) in [5.74, 6) is 1.09. The second-order valence-corrected chi connectivity index (χ2v) is 5.16. The Hall–Kier alpha value is -2.37. The van der Waals surface area contributed by atoms with Crippen LogP contribution in [0, 0.1) is 0 Å². The van der Waals surface area contributed by atoms with E-state index in [2.05, 4.69) is 20.5 Å². The average molecular weight is 287 g/mol. The van der Waals surface area contributed by atoms with Crippen molar-refractivity contribution in [3.05, 3.63) is 42.0 Å². The number of carbonyl (C=O) groups excluding carboxylic acids is 1. The van der Waals surface area contributed by atoms with Crippen LogP contribution in [0.4, 0.5) is 5.69 Å². The van der Waals surface area contributed by atoms with Gasteiger partial charge in [-0.15, -0.1) is 0 Å². The first-order valence-electron chi connectivity index (χ1n) is 7.11. The van der Waals surface area contributed by atoms with Crippen LogP contribution >= 0.6 is 0 Å². The number of anilines is 1. The van der Waals surface area contributed by atoms with Gasteiger partial charge < -0.3 is 11.1 Å². The van der Waals surface area contributed by atoms with Crippen LogP contribution in [0.1, 0.15) is 37.1 Å². The van der Waals surface area contributed by atoms with Gasteiger partial charge in [-0.25, -0.2) is 4.98 Å². The highest BCUT2D eigenvalue weighted by atomic mass is 16.1. The lowest BCUT2D eigenvalue weighted by Crippen LogP contribution is -2.26. The first-order valence-corrected chi connectivity index (χ1v) is 7.11. The smallest absolute Gasteiger partial charge is 0.220 e. The molecule has 0 radical (unpaired) electrons. The second kappa shape index (κ2) is 7.42. The topological polar surface area (TPSA) is 96.7 Å². The molecule has 112 valence electrons. The Balaban J connectivity index is 1.67. The summed E-state index contributed by atoms with van der Waals surface area (Å²) >= 11 is 0. The molecule has 2 aromatic rings. The lowest BCUT2D eigenvalue weighted by molar-refractivity contribution is -0.121. The summed E-state index contributed by atoms with van der Waals surface area (Å²) in [7, 11) is 0. The minimum absolute atomic E-state index is 0.0666. The van der Waals surface area contributed by atoms with Gasteiger partial charge in [-0.1, -0.05) is 19.1 Å². The highest BCUT2D eigenvalue weighted by Crippen LogP contribution is 2.19. The molecule has 0 aliphatic heterocycles. The maximum atomic E-state index is 11.9. The number of aryl methyl sites for hydroxylation is 1. The lowest BCUT2D eigenvalue weighted by Gasteiger charge is -2.12. The third kappa shape index (κ3) is 4.91. The average Bonchev–Trinajstić information content (AvgIpc) is 2.97. The van der Waals surface area contributed by atoms with E-state index in [9.17, 15) is 4.79 Å². The van der Waals surface area contributed by atoms with Gasteiger partial charge in [0, 0.05) is 25.1 Å². The van der Waals surface area contributed by atoms with E-state index in [-0.39, 0.29) is 11.8 Å². The molecule has 1 atom stereocenters. The van der Waals surface area contributed by atoms with Gasteiger partial charge in [0.2, 0.25) is 5.91 Å². The summed E-state index contributed by atoms with van der Waals surface area (Å²) in [6.45, 7) is 2.69. The van der Waals surface area contributed by atoms with E-state index in [0.717, 1.165) is 29.9 Å². The fourth-order valence-corrected chi connectivity index (χ4v) is 2.13. The van der Waals surface area contributed by atoms with Gasteiger partial charge >= 0.3 is 0 Å². The number of amides is 1. The molecule has 0 spiro atoms. The normalized spacial score (nSPS) is 12.0. The third-order valence-corrected chi connectivity index (χ3v) is 3.37. The molecule has 4 N–H and O–H groups in total. The van der Waals surface area contributed by atoms with Gasteiger partial charge in [0.1, 0.15) is 12.2 Å². The zero-order valence-electron chi connectivity index (χ0n) is 12.2. The molecule has 21 heavy (non-hydrogen) atoms. The summed E-state index contributed by atoms with van der Waals surface area (Å²) in [6.07, 6.45) is 3.60. The van der Waals surface area contributed by atoms with Crippen molar-refractivity contribution in [3.63, 3.8) is 0 Å². The highest BCUT2D eigenvalue weighted by Gasteiger charge is 2.10. The molecule has 1 aromatic carbocycles. The molecule has 0 saturated heterocycles. The van der Waals surface area contributed by atoms with E-state index >= 15 is 0 Å². The third-order valence-electron chi connectivity index (χ3n) is 3.37. The van der Waals surface area contributed by atoms with Gasteiger partial charge in [0.25, 0.3) is 0 Å². The molecule has 6 nitrogen and oxygen atoms in total. The fraction of sp³-hybridized carbons (Fsp3) is 0.400.